The number of guanidine groups is 1. The topological polar surface area (TPSA) is 68.2 Å². The Hall–Kier alpha value is -2.09. The largest absolute Gasteiger partial charge is 0.370 e. The Morgan fingerprint density at radius 3 is 2.88 bits per heavy atom. The number of nitrogens with one attached hydrogen (secondary N) is 1. The predicted octanol–water partition coefficient (Wildman–Crippen LogP) is 4.03. The molecule has 25 heavy (non-hydrogen) atoms. The monoisotopic (exact) mass is 449 g/mol. The Morgan fingerprint density at radius 2 is 2.04 bits per heavy atom. The van der Waals surface area contributed by atoms with Gasteiger partial charge >= 0.3 is 0 Å². The molecule has 0 saturated heterocycles. The maximum absolute atomic E-state index is 5.97. The first-order valence-corrected chi connectivity index (χ1v) is 8.32. The summed E-state index contributed by atoms with van der Waals surface area (Å²) in [5.74, 6) is 0.457. The Labute approximate surface area is 165 Å². The highest BCUT2D eigenvalue weighted by Gasteiger charge is 2.01. The Morgan fingerprint density at radius 1 is 1.20 bits per heavy atom. The lowest BCUT2D eigenvalue weighted by molar-refractivity contribution is 0.666. The number of aromatic nitrogens is 2. The molecule has 3 rings (SSSR count). The van der Waals surface area contributed by atoms with Gasteiger partial charge in [-0.05, 0) is 42.7 Å². The molecule has 0 aliphatic rings. The first-order chi connectivity index (χ1) is 11.8. The predicted molar refractivity (Wildman–Crippen MR) is 116 cm³/mol. The summed E-state index contributed by atoms with van der Waals surface area (Å²) in [4.78, 5) is 8.80. The van der Waals surface area contributed by atoms with Crippen LogP contribution in [0.4, 0.5) is 5.69 Å². The molecule has 0 bridgehead atoms. The van der Waals surface area contributed by atoms with Gasteiger partial charge < -0.3 is 15.6 Å². The van der Waals surface area contributed by atoms with Crippen molar-refractivity contribution in [2.24, 2.45) is 10.7 Å². The molecule has 0 amide bonds. The number of benzene rings is 2. The molecule has 0 unspecified atom stereocenters. The zero-order valence-electron chi connectivity index (χ0n) is 14.4. The van der Waals surface area contributed by atoms with Crippen molar-refractivity contribution in [1.29, 1.82) is 0 Å². The van der Waals surface area contributed by atoms with Crippen molar-refractivity contribution < 1.29 is 0 Å². The lowest BCUT2D eigenvalue weighted by Gasteiger charge is -2.07. The maximum atomic E-state index is 5.97. The minimum Gasteiger partial charge on any atom is -0.370 e. The lowest BCUT2D eigenvalue weighted by atomic mass is 10.1. The molecule has 0 saturated carbocycles. The minimum atomic E-state index is 0. The molecule has 6 heteroatoms. The van der Waals surface area contributed by atoms with Gasteiger partial charge in [-0.2, -0.15) is 0 Å². The SMILES string of the molecule is CCc1cccc(NC(N)=NCCCn2cnc3ccccc32)c1.I. The zero-order valence-corrected chi connectivity index (χ0v) is 16.7. The number of fused-ring (bicyclic) bond motifs is 1. The number of nitrogens with zero attached hydrogens (tertiary/aromatic N) is 3. The number of anilines is 1. The molecule has 132 valence electrons. The molecule has 0 aliphatic carbocycles. The van der Waals surface area contributed by atoms with E-state index in [9.17, 15) is 0 Å². The normalized spacial score (nSPS) is 11.3. The van der Waals surface area contributed by atoms with Crippen molar-refractivity contribution >= 4 is 46.7 Å². The number of nitrogens with two attached hydrogens (primary N) is 1. The van der Waals surface area contributed by atoms with Crippen LogP contribution in [0.2, 0.25) is 0 Å². The highest BCUT2D eigenvalue weighted by Crippen LogP contribution is 2.12. The van der Waals surface area contributed by atoms with Gasteiger partial charge in [0.1, 0.15) is 0 Å². The molecule has 1 aromatic heterocycles. The second kappa shape index (κ2) is 9.41. The van der Waals surface area contributed by atoms with Crippen LogP contribution < -0.4 is 11.1 Å². The second-order valence-electron chi connectivity index (χ2n) is 5.73. The van der Waals surface area contributed by atoms with E-state index in [1.807, 2.05) is 36.7 Å². The molecule has 0 atom stereocenters. The standard InChI is InChI=1S/C19H23N5.HI/c1-2-15-7-5-8-16(13-15)23-19(20)21-11-6-12-24-14-22-17-9-3-4-10-18(17)24;/h3-5,7-10,13-14H,2,6,11-12H2,1H3,(H3,20,21,23);1H. The molecule has 3 aromatic rings. The lowest BCUT2D eigenvalue weighted by Crippen LogP contribution is -2.23. The van der Waals surface area contributed by atoms with Crippen LogP contribution in [0, 0.1) is 0 Å². The van der Waals surface area contributed by atoms with Crippen LogP contribution in [0.3, 0.4) is 0 Å². The number of para-hydroxylation sites is 2. The van der Waals surface area contributed by atoms with Crippen LogP contribution in [0.1, 0.15) is 18.9 Å². The highest BCUT2D eigenvalue weighted by atomic mass is 127. The number of halogens is 1. The number of aliphatic imine (C=N–C) groups is 1. The summed E-state index contributed by atoms with van der Waals surface area (Å²) in [6, 6.07) is 16.4. The fourth-order valence-corrected chi connectivity index (χ4v) is 2.69. The zero-order chi connectivity index (χ0) is 16.8. The minimum absolute atomic E-state index is 0. The van der Waals surface area contributed by atoms with E-state index in [-0.39, 0.29) is 24.0 Å². The number of rotatable bonds is 6. The van der Waals surface area contributed by atoms with E-state index in [2.05, 4.69) is 45.0 Å². The van der Waals surface area contributed by atoms with Crippen LogP contribution in [-0.4, -0.2) is 22.1 Å². The number of imidazole rings is 1. The third-order valence-electron chi connectivity index (χ3n) is 3.97. The molecule has 0 spiro atoms. The van der Waals surface area contributed by atoms with Gasteiger partial charge in [-0.1, -0.05) is 31.2 Å². The molecule has 0 radical (unpaired) electrons. The van der Waals surface area contributed by atoms with Crippen molar-refractivity contribution in [3.63, 3.8) is 0 Å². The smallest absolute Gasteiger partial charge is 0.193 e. The van der Waals surface area contributed by atoms with Gasteiger partial charge in [0, 0.05) is 18.8 Å². The summed E-state index contributed by atoms with van der Waals surface area (Å²) in [7, 11) is 0. The maximum Gasteiger partial charge on any atom is 0.193 e. The van der Waals surface area contributed by atoms with Crippen molar-refractivity contribution in [3.05, 3.63) is 60.4 Å². The van der Waals surface area contributed by atoms with E-state index >= 15 is 0 Å². The van der Waals surface area contributed by atoms with E-state index in [0.29, 0.717) is 12.5 Å². The molecular formula is C19H24IN5. The fraction of sp³-hybridized carbons (Fsp3) is 0.263. The summed E-state index contributed by atoms with van der Waals surface area (Å²) in [5.41, 5.74) is 10.4. The van der Waals surface area contributed by atoms with Crippen LogP contribution >= 0.6 is 24.0 Å². The second-order valence-corrected chi connectivity index (χ2v) is 5.73. The van der Waals surface area contributed by atoms with E-state index in [0.717, 1.165) is 36.1 Å². The van der Waals surface area contributed by atoms with Crippen molar-refractivity contribution in [2.45, 2.75) is 26.3 Å². The average Bonchev–Trinajstić information content (AvgIpc) is 3.02. The van der Waals surface area contributed by atoms with Crippen LogP contribution in [0.5, 0.6) is 0 Å². The summed E-state index contributed by atoms with van der Waals surface area (Å²) in [6.07, 6.45) is 3.80. The molecule has 5 nitrogen and oxygen atoms in total. The van der Waals surface area contributed by atoms with Gasteiger partial charge in [0.2, 0.25) is 0 Å². The summed E-state index contributed by atoms with van der Waals surface area (Å²) in [5, 5.41) is 3.15. The highest BCUT2D eigenvalue weighted by molar-refractivity contribution is 14.0. The van der Waals surface area contributed by atoms with Gasteiger partial charge in [0.25, 0.3) is 0 Å². The van der Waals surface area contributed by atoms with Crippen LogP contribution in [0.25, 0.3) is 11.0 Å². The Bertz CT molecular complexity index is 840. The molecule has 1 heterocycles. The van der Waals surface area contributed by atoms with Crippen LogP contribution in [0.15, 0.2) is 59.9 Å². The first-order valence-electron chi connectivity index (χ1n) is 8.32. The Kier molecular flexibility index (Phi) is 7.24. The molecule has 0 aliphatic heterocycles. The van der Waals surface area contributed by atoms with Crippen molar-refractivity contribution in [3.8, 4) is 0 Å². The van der Waals surface area contributed by atoms with Gasteiger partial charge in [-0.3, -0.25) is 4.99 Å². The Balaban J connectivity index is 0.00000225. The van der Waals surface area contributed by atoms with Crippen LogP contribution in [-0.2, 0) is 13.0 Å². The van der Waals surface area contributed by atoms with Gasteiger partial charge in [-0.25, -0.2) is 4.98 Å². The van der Waals surface area contributed by atoms with E-state index in [1.54, 1.807) is 0 Å². The number of hydrogen-bond acceptors (Lipinski definition) is 2. The summed E-state index contributed by atoms with van der Waals surface area (Å²) < 4.78 is 2.15. The van der Waals surface area contributed by atoms with Crippen molar-refractivity contribution in [2.75, 3.05) is 11.9 Å². The van der Waals surface area contributed by atoms with Gasteiger partial charge in [-0.15, -0.1) is 24.0 Å². The van der Waals surface area contributed by atoms with Crippen molar-refractivity contribution in [1.82, 2.24) is 9.55 Å². The third-order valence-corrected chi connectivity index (χ3v) is 3.97. The van der Waals surface area contributed by atoms with E-state index < -0.39 is 0 Å². The molecule has 3 N–H and O–H groups in total. The quantitative estimate of drug-likeness (QED) is 0.259. The molecular weight excluding hydrogens is 425 g/mol. The molecule has 2 aromatic carbocycles. The number of aryl methyl sites for hydroxylation is 2. The van der Waals surface area contributed by atoms with E-state index in [4.69, 9.17) is 5.73 Å². The summed E-state index contributed by atoms with van der Waals surface area (Å²) in [6.45, 7) is 3.69. The van der Waals surface area contributed by atoms with E-state index in [1.165, 1.54) is 5.56 Å². The first kappa shape index (κ1) is 19.2. The number of hydrogen-bond donors (Lipinski definition) is 2. The average molecular weight is 449 g/mol. The molecule has 0 fully saturated rings. The van der Waals surface area contributed by atoms with Gasteiger partial charge in [0.05, 0.1) is 17.4 Å². The summed E-state index contributed by atoms with van der Waals surface area (Å²) >= 11 is 0. The fourth-order valence-electron chi connectivity index (χ4n) is 2.69. The van der Waals surface area contributed by atoms with Gasteiger partial charge in [0.15, 0.2) is 5.96 Å². The third kappa shape index (κ3) is 5.19.